The van der Waals surface area contributed by atoms with E-state index in [0.717, 1.165) is 6.07 Å². The molecule has 2 nitrogen and oxygen atoms in total. The predicted octanol–water partition coefficient (Wildman–Crippen LogP) is 1.72. The second kappa shape index (κ2) is 3.49. The molecule has 0 amide bonds. The van der Waals surface area contributed by atoms with Crippen molar-refractivity contribution in [2.45, 2.75) is 6.18 Å². The van der Waals surface area contributed by atoms with E-state index in [1.165, 1.54) is 0 Å². The molecule has 1 aromatic carbocycles. The van der Waals surface area contributed by atoms with Gasteiger partial charge in [0.05, 0.1) is 16.6 Å². The fourth-order valence-corrected chi connectivity index (χ4v) is 1.11. The van der Waals surface area contributed by atoms with Gasteiger partial charge >= 0.3 is 6.18 Å². The summed E-state index contributed by atoms with van der Waals surface area (Å²) >= 11 is 5.31. The Morgan fingerprint density at radius 1 is 1.36 bits per heavy atom. The quantitative estimate of drug-likeness (QED) is 0.727. The molecule has 0 fully saturated rings. The molecule has 0 unspecified atom stereocenters. The van der Waals surface area contributed by atoms with Crippen LogP contribution in [-0.4, -0.2) is 5.97 Å². The van der Waals surface area contributed by atoms with Crippen LogP contribution in [0.3, 0.4) is 0 Å². The average molecular weight is 224 g/mol. The van der Waals surface area contributed by atoms with E-state index in [9.17, 15) is 23.1 Å². The number of carbonyl (C=O) groups is 1. The van der Waals surface area contributed by atoms with Gasteiger partial charge in [-0.1, -0.05) is 17.7 Å². The summed E-state index contributed by atoms with van der Waals surface area (Å²) in [6, 6.07) is 1.95. The highest BCUT2D eigenvalue weighted by atomic mass is 35.5. The van der Waals surface area contributed by atoms with Crippen LogP contribution in [0.4, 0.5) is 13.2 Å². The van der Waals surface area contributed by atoms with Gasteiger partial charge in [-0.3, -0.25) is 0 Å². The molecular weight excluding hydrogens is 221 g/mol. The molecule has 14 heavy (non-hydrogen) atoms. The molecule has 0 N–H and O–H groups in total. The largest absolute Gasteiger partial charge is 0.545 e. The number of alkyl halides is 3. The number of carboxylic acids is 1. The molecule has 0 aliphatic carbocycles. The zero-order chi connectivity index (χ0) is 10.9. The maximum absolute atomic E-state index is 12.1. The number of carbonyl (C=O) groups excluding carboxylic acids is 1. The van der Waals surface area contributed by atoms with Crippen LogP contribution in [0.1, 0.15) is 15.9 Å². The van der Waals surface area contributed by atoms with Crippen LogP contribution < -0.4 is 5.11 Å². The SMILES string of the molecule is O=C([O-])c1ccc(C(F)(F)F)cc1Cl. The molecule has 1 aromatic rings. The Morgan fingerprint density at radius 3 is 2.29 bits per heavy atom. The summed E-state index contributed by atoms with van der Waals surface area (Å²) < 4.78 is 36.2. The fraction of sp³-hybridized carbons (Fsp3) is 0.125. The Balaban J connectivity index is 3.20. The van der Waals surface area contributed by atoms with Crippen LogP contribution in [0, 0.1) is 0 Å². The predicted molar refractivity (Wildman–Crippen MR) is 40.8 cm³/mol. The molecule has 6 heteroatoms. The molecule has 0 spiro atoms. The van der Waals surface area contributed by atoms with Gasteiger partial charge in [0, 0.05) is 5.56 Å². The van der Waals surface area contributed by atoms with Crippen molar-refractivity contribution in [3.8, 4) is 0 Å². The van der Waals surface area contributed by atoms with E-state index >= 15 is 0 Å². The number of aromatic carboxylic acids is 1. The van der Waals surface area contributed by atoms with Crippen molar-refractivity contribution in [1.82, 2.24) is 0 Å². The Morgan fingerprint density at radius 2 is 1.93 bits per heavy atom. The Hall–Kier alpha value is -1.23. The summed E-state index contributed by atoms with van der Waals surface area (Å²) in [5.74, 6) is -1.61. The molecule has 0 aromatic heterocycles. The summed E-state index contributed by atoms with van der Waals surface area (Å²) in [6.45, 7) is 0. The van der Waals surface area contributed by atoms with E-state index < -0.39 is 28.3 Å². The van der Waals surface area contributed by atoms with Gasteiger partial charge in [0.1, 0.15) is 0 Å². The van der Waals surface area contributed by atoms with Crippen molar-refractivity contribution >= 4 is 17.6 Å². The van der Waals surface area contributed by atoms with E-state index in [2.05, 4.69) is 0 Å². The van der Waals surface area contributed by atoms with Crippen LogP contribution in [0.15, 0.2) is 18.2 Å². The lowest BCUT2D eigenvalue weighted by Crippen LogP contribution is -2.22. The average Bonchev–Trinajstić information content (AvgIpc) is 2.01. The number of rotatable bonds is 1. The van der Waals surface area contributed by atoms with Gasteiger partial charge in [-0.25, -0.2) is 0 Å². The lowest BCUT2D eigenvalue weighted by Gasteiger charge is -2.09. The lowest BCUT2D eigenvalue weighted by atomic mass is 10.1. The molecule has 0 aliphatic rings. The molecule has 1 rings (SSSR count). The Bertz CT molecular complexity index is 373. The molecule has 0 radical (unpaired) electrons. The smallest absolute Gasteiger partial charge is 0.416 e. The van der Waals surface area contributed by atoms with Crippen molar-refractivity contribution in [2.24, 2.45) is 0 Å². The summed E-state index contributed by atoms with van der Waals surface area (Å²) in [6.07, 6.45) is -4.53. The Labute approximate surface area is 81.9 Å². The summed E-state index contributed by atoms with van der Waals surface area (Å²) in [4.78, 5) is 10.3. The zero-order valence-electron chi connectivity index (χ0n) is 6.56. The minimum absolute atomic E-state index is 0.459. The Kier molecular flexibility index (Phi) is 2.71. The third kappa shape index (κ3) is 2.17. The molecule has 0 saturated heterocycles. The first-order valence-corrected chi connectivity index (χ1v) is 3.78. The molecule has 0 aliphatic heterocycles. The van der Waals surface area contributed by atoms with E-state index in [1.54, 1.807) is 0 Å². The first-order chi connectivity index (χ1) is 6.32. The maximum atomic E-state index is 12.1. The number of hydrogen-bond acceptors (Lipinski definition) is 2. The second-order valence-corrected chi connectivity index (χ2v) is 2.89. The van der Waals surface area contributed by atoms with E-state index in [4.69, 9.17) is 11.6 Å². The van der Waals surface area contributed by atoms with Crippen LogP contribution in [0.25, 0.3) is 0 Å². The molecule has 0 atom stereocenters. The number of hydrogen-bond donors (Lipinski definition) is 0. The van der Waals surface area contributed by atoms with Crippen LogP contribution in [0.2, 0.25) is 5.02 Å². The van der Waals surface area contributed by atoms with Crippen molar-refractivity contribution < 1.29 is 23.1 Å². The van der Waals surface area contributed by atoms with E-state index in [-0.39, 0.29) is 0 Å². The van der Waals surface area contributed by atoms with Gasteiger partial charge < -0.3 is 9.90 Å². The normalized spacial score (nSPS) is 11.4. The molecule has 0 saturated carbocycles. The molecule has 76 valence electrons. The number of halogens is 4. The van der Waals surface area contributed by atoms with Crippen LogP contribution in [-0.2, 0) is 6.18 Å². The lowest BCUT2D eigenvalue weighted by molar-refractivity contribution is -0.255. The van der Waals surface area contributed by atoms with E-state index in [0.29, 0.717) is 12.1 Å². The fourth-order valence-electron chi connectivity index (χ4n) is 0.857. The van der Waals surface area contributed by atoms with Gasteiger partial charge in [0.25, 0.3) is 0 Å². The standard InChI is InChI=1S/C8H4ClF3O2/c9-6-3-4(8(10,11)12)1-2-5(6)7(13)14/h1-3H,(H,13,14)/p-1. The monoisotopic (exact) mass is 223 g/mol. The third-order valence-corrected chi connectivity index (χ3v) is 1.83. The van der Waals surface area contributed by atoms with Gasteiger partial charge in [0.2, 0.25) is 0 Å². The minimum Gasteiger partial charge on any atom is -0.545 e. The molecular formula is C8H3ClF3O2-. The van der Waals surface area contributed by atoms with Gasteiger partial charge in [-0.2, -0.15) is 13.2 Å². The van der Waals surface area contributed by atoms with Gasteiger partial charge in [-0.15, -0.1) is 0 Å². The topological polar surface area (TPSA) is 40.1 Å². The van der Waals surface area contributed by atoms with Gasteiger partial charge in [-0.05, 0) is 12.1 Å². The van der Waals surface area contributed by atoms with Crippen molar-refractivity contribution in [2.75, 3.05) is 0 Å². The second-order valence-electron chi connectivity index (χ2n) is 2.48. The van der Waals surface area contributed by atoms with Gasteiger partial charge in [0.15, 0.2) is 0 Å². The highest BCUT2D eigenvalue weighted by Crippen LogP contribution is 2.31. The van der Waals surface area contributed by atoms with E-state index in [1.807, 2.05) is 0 Å². The number of carboxylic acid groups (broad SMARTS) is 1. The summed E-state index contributed by atoms with van der Waals surface area (Å²) in [7, 11) is 0. The third-order valence-electron chi connectivity index (χ3n) is 1.52. The minimum atomic E-state index is -4.53. The summed E-state index contributed by atoms with van der Waals surface area (Å²) in [5, 5.41) is 9.82. The van der Waals surface area contributed by atoms with Crippen LogP contribution in [0.5, 0.6) is 0 Å². The van der Waals surface area contributed by atoms with Crippen molar-refractivity contribution in [3.63, 3.8) is 0 Å². The molecule has 0 bridgehead atoms. The molecule has 0 heterocycles. The first-order valence-electron chi connectivity index (χ1n) is 3.40. The highest BCUT2D eigenvalue weighted by Gasteiger charge is 2.30. The number of benzene rings is 1. The maximum Gasteiger partial charge on any atom is 0.416 e. The highest BCUT2D eigenvalue weighted by molar-refractivity contribution is 6.33. The summed E-state index contributed by atoms with van der Waals surface area (Å²) in [5.41, 5.74) is -1.45. The zero-order valence-corrected chi connectivity index (χ0v) is 7.32. The van der Waals surface area contributed by atoms with Crippen LogP contribution >= 0.6 is 11.6 Å². The van der Waals surface area contributed by atoms with Crippen molar-refractivity contribution in [1.29, 1.82) is 0 Å². The first kappa shape index (κ1) is 10.8. The van der Waals surface area contributed by atoms with Crippen molar-refractivity contribution in [3.05, 3.63) is 34.3 Å².